The first-order valence-electron chi connectivity index (χ1n) is 7.61. The standard InChI is InChI=1S/C17H28N2/c1-13(2)16-7-5-15(6-8-16)11-19-10-9-18-17(12-19)14(3)4/h5-8,13-14,17-18H,9-12H2,1-4H3. The molecule has 1 atom stereocenters. The molecule has 1 fully saturated rings. The van der Waals surface area contributed by atoms with Gasteiger partial charge in [0.1, 0.15) is 0 Å². The zero-order valence-electron chi connectivity index (χ0n) is 12.8. The summed E-state index contributed by atoms with van der Waals surface area (Å²) in [6.45, 7) is 13.6. The summed E-state index contributed by atoms with van der Waals surface area (Å²) in [6.07, 6.45) is 0. The largest absolute Gasteiger partial charge is 0.311 e. The van der Waals surface area contributed by atoms with E-state index < -0.39 is 0 Å². The molecule has 0 aromatic heterocycles. The Morgan fingerprint density at radius 2 is 1.84 bits per heavy atom. The highest BCUT2D eigenvalue weighted by atomic mass is 15.2. The Bertz CT molecular complexity index is 381. The van der Waals surface area contributed by atoms with Crippen molar-refractivity contribution in [2.24, 2.45) is 5.92 Å². The quantitative estimate of drug-likeness (QED) is 0.894. The second kappa shape index (κ2) is 6.53. The van der Waals surface area contributed by atoms with Gasteiger partial charge in [0.05, 0.1) is 0 Å². The molecule has 0 amide bonds. The molecule has 0 bridgehead atoms. The molecule has 19 heavy (non-hydrogen) atoms. The topological polar surface area (TPSA) is 15.3 Å². The molecule has 1 aromatic carbocycles. The van der Waals surface area contributed by atoms with Crippen LogP contribution >= 0.6 is 0 Å². The van der Waals surface area contributed by atoms with E-state index in [0.717, 1.165) is 19.6 Å². The van der Waals surface area contributed by atoms with Crippen molar-refractivity contribution in [3.8, 4) is 0 Å². The van der Waals surface area contributed by atoms with Crippen LogP contribution in [0.2, 0.25) is 0 Å². The molecule has 2 nitrogen and oxygen atoms in total. The van der Waals surface area contributed by atoms with E-state index in [1.807, 2.05) is 0 Å². The maximum Gasteiger partial charge on any atom is 0.0234 e. The number of nitrogens with one attached hydrogen (secondary N) is 1. The average molecular weight is 260 g/mol. The predicted octanol–water partition coefficient (Wildman–Crippen LogP) is 3.24. The van der Waals surface area contributed by atoms with Crippen LogP contribution in [0.15, 0.2) is 24.3 Å². The minimum atomic E-state index is 0.624. The molecule has 0 aliphatic carbocycles. The third kappa shape index (κ3) is 4.05. The third-order valence-corrected chi connectivity index (χ3v) is 4.15. The number of hydrogen-bond acceptors (Lipinski definition) is 2. The first-order chi connectivity index (χ1) is 9.06. The van der Waals surface area contributed by atoms with Crippen LogP contribution in [0.1, 0.15) is 44.7 Å². The molecule has 1 N–H and O–H groups in total. The molecular formula is C17H28N2. The van der Waals surface area contributed by atoms with Crippen LogP contribution in [-0.2, 0) is 6.54 Å². The van der Waals surface area contributed by atoms with Gasteiger partial charge in [-0.2, -0.15) is 0 Å². The summed E-state index contributed by atoms with van der Waals surface area (Å²) in [5, 5.41) is 3.62. The van der Waals surface area contributed by atoms with E-state index in [4.69, 9.17) is 0 Å². The van der Waals surface area contributed by atoms with E-state index in [0.29, 0.717) is 17.9 Å². The SMILES string of the molecule is CC(C)c1ccc(CN2CCNC(C(C)C)C2)cc1. The molecule has 1 aromatic rings. The molecule has 1 saturated heterocycles. The van der Waals surface area contributed by atoms with Gasteiger partial charge in [0.15, 0.2) is 0 Å². The summed E-state index contributed by atoms with van der Waals surface area (Å²) >= 11 is 0. The Morgan fingerprint density at radius 1 is 1.16 bits per heavy atom. The number of hydrogen-bond donors (Lipinski definition) is 1. The Balaban J connectivity index is 1.93. The number of piperazine rings is 1. The van der Waals surface area contributed by atoms with Crippen molar-refractivity contribution in [1.82, 2.24) is 10.2 Å². The molecule has 0 spiro atoms. The van der Waals surface area contributed by atoms with Gasteiger partial charge >= 0.3 is 0 Å². The molecule has 1 heterocycles. The van der Waals surface area contributed by atoms with Gasteiger partial charge in [0.25, 0.3) is 0 Å². The molecule has 2 rings (SSSR count). The first-order valence-corrected chi connectivity index (χ1v) is 7.61. The maximum atomic E-state index is 3.62. The van der Waals surface area contributed by atoms with Gasteiger partial charge in [0.2, 0.25) is 0 Å². The number of benzene rings is 1. The third-order valence-electron chi connectivity index (χ3n) is 4.15. The summed E-state index contributed by atoms with van der Waals surface area (Å²) in [5.41, 5.74) is 2.87. The fraction of sp³-hybridized carbons (Fsp3) is 0.647. The van der Waals surface area contributed by atoms with Crippen molar-refractivity contribution in [2.75, 3.05) is 19.6 Å². The second-order valence-corrected chi connectivity index (χ2v) is 6.44. The van der Waals surface area contributed by atoms with Gasteiger partial charge in [-0.15, -0.1) is 0 Å². The monoisotopic (exact) mass is 260 g/mol. The van der Waals surface area contributed by atoms with Crippen LogP contribution in [0.3, 0.4) is 0 Å². The van der Waals surface area contributed by atoms with Gasteiger partial charge in [-0.3, -0.25) is 4.90 Å². The van der Waals surface area contributed by atoms with E-state index in [9.17, 15) is 0 Å². The Hall–Kier alpha value is -0.860. The molecule has 1 aliphatic heterocycles. The molecular weight excluding hydrogens is 232 g/mol. The molecule has 0 radical (unpaired) electrons. The van der Waals surface area contributed by atoms with Gasteiger partial charge in [-0.1, -0.05) is 52.0 Å². The van der Waals surface area contributed by atoms with Crippen molar-refractivity contribution in [1.29, 1.82) is 0 Å². The Labute approximate surface area is 118 Å². The second-order valence-electron chi connectivity index (χ2n) is 6.44. The van der Waals surface area contributed by atoms with Crippen molar-refractivity contribution in [2.45, 2.75) is 46.2 Å². The summed E-state index contributed by atoms with van der Waals surface area (Å²) in [4.78, 5) is 2.57. The molecule has 2 heteroatoms. The van der Waals surface area contributed by atoms with Gasteiger partial charge in [0, 0.05) is 32.2 Å². The van der Waals surface area contributed by atoms with Crippen LogP contribution in [0.25, 0.3) is 0 Å². The number of nitrogens with zero attached hydrogens (tertiary/aromatic N) is 1. The minimum absolute atomic E-state index is 0.624. The lowest BCUT2D eigenvalue weighted by Crippen LogP contribution is -2.52. The van der Waals surface area contributed by atoms with Gasteiger partial charge < -0.3 is 5.32 Å². The van der Waals surface area contributed by atoms with E-state index in [2.05, 4.69) is 62.2 Å². The summed E-state index contributed by atoms with van der Waals surface area (Å²) < 4.78 is 0. The average Bonchev–Trinajstić information content (AvgIpc) is 2.39. The van der Waals surface area contributed by atoms with Gasteiger partial charge in [-0.05, 0) is 23.0 Å². The lowest BCUT2D eigenvalue weighted by molar-refractivity contribution is 0.168. The molecule has 1 aliphatic rings. The van der Waals surface area contributed by atoms with Crippen LogP contribution < -0.4 is 5.32 Å². The lowest BCUT2D eigenvalue weighted by Gasteiger charge is -2.35. The number of rotatable bonds is 4. The maximum absolute atomic E-state index is 3.62. The van der Waals surface area contributed by atoms with E-state index in [-0.39, 0.29) is 0 Å². The van der Waals surface area contributed by atoms with Gasteiger partial charge in [-0.25, -0.2) is 0 Å². The highest BCUT2D eigenvalue weighted by Gasteiger charge is 2.21. The zero-order chi connectivity index (χ0) is 13.8. The fourth-order valence-electron chi connectivity index (χ4n) is 2.70. The van der Waals surface area contributed by atoms with Crippen molar-refractivity contribution >= 4 is 0 Å². The van der Waals surface area contributed by atoms with E-state index in [1.165, 1.54) is 17.7 Å². The van der Waals surface area contributed by atoms with Crippen LogP contribution in [-0.4, -0.2) is 30.6 Å². The lowest BCUT2D eigenvalue weighted by atomic mass is 10.00. The highest BCUT2D eigenvalue weighted by Crippen LogP contribution is 2.17. The fourth-order valence-corrected chi connectivity index (χ4v) is 2.70. The van der Waals surface area contributed by atoms with Crippen molar-refractivity contribution in [3.63, 3.8) is 0 Å². The predicted molar refractivity (Wildman–Crippen MR) is 82.4 cm³/mol. The summed E-state index contributed by atoms with van der Waals surface area (Å²) in [5.74, 6) is 1.34. The van der Waals surface area contributed by atoms with E-state index >= 15 is 0 Å². The molecule has 1 unspecified atom stereocenters. The summed E-state index contributed by atoms with van der Waals surface area (Å²) in [6, 6.07) is 9.79. The smallest absolute Gasteiger partial charge is 0.0234 e. The molecule has 0 saturated carbocycles. The van der Waals surface area contributed by atoms with Crippen LogP contribution in [0.4, 0.5) is 0 Å². The Kier molecular flexibility index (Phi) is 5.00. The van der Waals surface area contributed by atoms with Crippen molar-refractivity contribution in [3.05, 3.63) is 35.4 Å². The first kappa shape index (κ1) is 14.5. The normalized spacial score (nSPS) is 21.3. The Morgan fingerprint density at radius 3 is 2.42 bits per heavy atom. The minimum Gasteiger partial charge on any atom is -0.311 e. The summed E-state index contributed by atoms with van der Waals surface area (Å²) in [7, 11) is 0. The van der Waals surface area contributed by atoms with Crippen molar-refractivity contribution < 1.29 is 0 Å². The molecule has 106 valence electrons. The highest BCUT2D eigenvalue weighted by molar-refractivity contribution is 5.24. The van der Waals surface area contributed by atoms with Crippen LogP contribution in [0.5, 0.6) is 0 Å². The van der Waals surface area contributed by atoms with Crippen LogP contribution in [0, 0.1) is 5.92 Å². The zero-order valence-corrected chi connectivity index (χ0v) is 12.8. The van der Waals surface area contributed by atoms with E-state index in [1.54, 1.807) is 0 Å².